The molecule has 0 aromatic heterocycles. The third-order valence-corrected chi connectivity index (χ3v) is 3.68. The first-order valence-electron chi connectivity index (χ1n) is 8.51. The minimum Gasteiger partial charge on any atom is -0.370 e. The summed E-state index contributed by atoms with van der Waals surface area (Å²) in [6.07, 6.45) is 17.0. The summed E-state index contributed by atoms with van der Waals surface area (Å²) in [5.41, 5.74) is 11.7. The standard InChI is InChI=1S/C18H30N4O/c1-2-3-4-5-6-8-11-16-12-13-17(23)22(16)15-10-7-9-14-21-18(19)20/h3-4,6,8,11H,2,5,7,9-10,12-15H2,1H3,(H4,19,20,21)/b4-3-,8-6-,16-11+. The molecule has 1 saturated heterocycles. The second-order valence-corrected chi connectivity index (χ2v) is 5.61. The molecule has 1 aliphatic heterocycles. The first-order valence-corrected chi connectivity index (χ1v) is 8.51. The van der Waals surface area contributed by atoms with Crippen LogP contribution in [0, 0.1) is 0 Å². The molecule has 1 fully saturated rings. The Morgan fingerprint density at radius 1 is 1.17 bits per heavy atom. The van der Waals surface area contributed by atoms with E-state index in [0.29, 0.717) is 13.0 Å². The Morgan fingerprint density at radius 3 is 2.74 bits per heavy atom. The van der Waals surface area contributed by atoms with Crippen molar-refractivity contribution >= 4 is 11.9 Å². The smallest absolute Gasteiger partial charge is 0.227 e. The fraction of sp³-hybridized carbons (Fsp3) is 0.556. The molecule has 0 aliphatic carbocycles. The van der Waals surface area contributed by atoms with Gasteiger partial charge in [-0.3, -0.25) is 9.79 Å². The Hall–Kier alpha value is -2.04. The van der Waals surface area contributed by atoms with Crippen LogP contribution in [0.5, 0.6) is 0 Å². The number of guanidine groups is 1. The average Bonchev–Trinajstić information content (AvgIpc) is 2.86. The van der Waals surface area contributed by atoms with E-state index in [0.717, 1.165) is 50.8 Å². The summed E-state index contributed by atoms with van der Waals surface area (Å²) in [6.45, 7) is 3.57. The van der Waals surface area contributed by atoms with Crippen molar-refractivity contribution < 1.29 is 4.79 Å². The molecule has 0 unspecified atom stereocenters. The van der Waals surface area contributed by atoms with Crippen molar-refractivity contribution in [2.75, 3.05) is 13.1 Å². The minimum absolute atomic E-state index is 0.144. The minimum atomic E-state index is 0.144. The summed E-state index contributed by atoms with van der Waals surface area (Å²) in [7, 11) is 0. The van der Waals surface area contributed by atoms with E-state index in [9.17, 15) is 4.79 Å². The third-order valence-electron chi connectivity index (χ3n) is 3.68. The van der Waals surface area contributed by atoms with Crippen LogP contribution in [-0.2, 0) is 4.79 Å². The Bertz CT molecular complexity index is 473. The lowest BCUT2D eigenvalue weighted by molar-refractivity contribution is -0.126. The molecule has 0 bridgehead atoms. The SMILES string of the molecule is CC/C=C\C/C=C\C=C1/CCC(=O)N1CCCCCN=C(N)N. The quantitative estimate of drug-likeness (QED) is 0.281. The number of aliphatic imine (C=N–C) groups is 1. The molecule has 4 N–H and O–H groups in total. The third kappa shape index (κ3) is 8.24. The maximum atomic E-state index is 12.0. The van der Waals surface area contributed by atoms with Crippen LogP contribution in [0.2, 0.25) is 0 Å². The number of carbonyl (C=O) groups is 1. The molecule has 5 nitrogen and oxygen atoms in total. The van der Waals surface area contributed by atoms with E-state index in [4.69, 9.17) is 11.5 Å². The number of hydrogen-bond acceptors (Lipinski definition) is 2. The second-order valence-electron chi connectivity index (χ2n) is 5.61. The van der Waals surface area contributed by atoms with Gasteiger partial charge in [-0.25, -0.2) is 0 Å². The molecule has 1 amide bonds. The zero-order valence-electron chi connectivity index (χ0n) is 14.2. The van der Waals surface area contributed by atoms with Gasteiger partial charge in [0.25, 0.3) is 0 Å². The first-order chi connectivity index (χ1) is 11.1. The van der Waals surface area contributed by atoms with Crippen molar-refractivity contribution in [1.29, 1.82) is 0 Å². The highest BCUT2D eigenvalue weighted by molar-refractivity contribution is 5.81. The summed E-state index contributed by atoms with van der Waals surface area (Å²) in [4.78, 5) is 17.8. The van der Waals surface area contributed by atoms with Crippen molar-refractivity contribution in [3.63, 3.8) is 0 Å². The number of carbonyl (C=O) groups excluding carboxylic acids is 1. The zero-order valence-corrected chi connectivity index (χ0v) is 14.2. The highest BCUT2D eigenvalue weighted by atomic mass is 16.2. The van der Waals surface area contributed by atoms with E-state index < -0.39 is 0 Å². The van der Waals surface area contributed by atoms with Gasteiger partial charge in [0.2, 0.25) is 5.91 Å². The van der Waals surface area contributed by atoms with Gasteiger partial charge in [-0.2, -0.15) is 0 Å². The van der Waals surface area contributed by atoms with E-state index in [1.165, 1.54) is 0 Å². The molecule has 5 heteroatoms. The summed E-state index contributed by atoms with van der Waals surface area (Å²) in [5.74, 6) is 0.380. The van der Waals surface area contributed by atoms with Gasteiger partial charge in [-0.15, -0.1) is 0 Å². The summed E-state index contributed by atoms with van der Waals surface area (Å²) in [5, 5.41) is 0. The summed E-state index contributed by atoms with van der Waals surface area (Å²) >= 11 is 0. The molecule has 1 aliphatic rings. The number of nitrogens with zero attached hydrogens (tertiary/aromatic N) is 2. The normalized spacial score (nSPS) is 17.0. The maximum absolute atomic E-state index is 12.0. The molecular formula is C18H30N4O. The van der Waals surface area contributed by atoms with Gasteiger partial charge in [0.05, 0.1) is 0 Å². The van der Waals surface area contributed by atoms with Gasteiger partial charge in [0.1, 0.15) is 0 Å². The predicted octanol–water partition coefficient (Wildman–Crippen LogP) is 2.85. The number of allylic oxidation sites excluding steroid dienone is 6. The van der Waals surface area contributed by atoms with Crippen molar-refractivity contribution in [2.45, 2.75) is 51.9 Å². The molecular weight excluding hydrogens is 288 g/mol. The Balaban J connectivity index is 2.34. The summed E-state index contributed by atoms with van der Waals surface area (Å²) in [6, 6.07) is 0. The molecule has 1 heterocycles. The predicted molar refractivity (Wildman–Crippen MR) is 96.7 cm³/mol. The van der Waals surface area contributed by atoms with Crippen molar-refractivity contribution in [1.82, 2.24) is 4.90 Å². The van der Waals surface area contributed by atoms with Gasteiger partial charge in [-0.1, -0.05) is 31.2 Å². The number of nitrogens with two attached hydrogens (primary N) is 2. The van der Waals surface area contributed by atoms with Crippen LogP contribution in [0.15, 0.2) is 41.1 Å². The maximum Gasteiger partial charge on any atom is 0.227 e. The van der Waals surface area contributed by atoms with Crippen molar-refractivity contribution in [2.24, 2.45) is 16.5 Å². The van der Waals surface area contributed by atoms with E-state index in [2.05, 4.69) is 42.3 Å². The number of amides is 1. The number of unbranched alkanes of at least 4 members (excludes halogenated alkanes) is 2. The molecule has 23 heavy (non-hydrogen) atoms. The number of likely N-dealkylation sites (tertiary alicyclic amines) is 1. The van der Waals surface area contributed by atoms with Crippen molar-refractivity contribution in [3.8, 4) is 0 Å². The molecule has 0 spiro atoms. The van der Waals surface area contributed by atoms with Crippen LogP contribution in [0.25, 0.3) is 0 Å². The van der Waals surface area contributed by atoms with Gasteiger partial charge in [0.15, 0.2) is 5.96 Å². The highest BCUT2D eigenvalue weighted by Crippen LogP contribution is 2.23. The lowest BCUT2D eigenvalue weighted by Gasteiger charge is -2.17. The van der Waals surface area contributed by atoms with Crippen LogP contribution in [-0.4, -0.2) is 29.9 Å². The fourth-order valence-corrected chi connectivity index (χ4v) is 2.47. The van der Waals surface area contributed by atoms with Crippen LogP contribution in [0.1, 0.15) is 51.9 Å². The first kappa shape index (κ1) is 19.0. The Labute approximate surface area is 139 Å². The van der Waals surface area contributed by atoms with Crippen LogP contribution in [0.3, 0.4) is 0 Å². The molecule has 0 aromatic carbocycles. The van der Waals surface area contributed by atoms with Crippen LogP contribution >= 0.6 is 0 Å². The fourth-order valence-electron chi connectivity index (χ4n) is 2.47. The van der Waals surface area contributed by atoms with E-state index in [-0.39, 0.29) is 11.9 Å². The van der Waals surface area contributed by atoms with Crippen molar-refractivity contribution in [3.05, 3.63) is 36.1 Å². The lowest BCUT2D eigenvalue weighted by atomic mass is 10.2. The highest BCUT2D eigenvalue weighted by Gasteiger charge is 2.24. The van der Waals surface area contributed by atoms with Gasteiger partial charge in [-0.05, 0) is 44.6 Å². The number of rotatable bonds is 10. The van der Waals surface area contributed by atoms with Crippen LogP contribution in [0.4, 0.5) is 0 Å². The molecule has 0 aromatic rings. The van der Waals surface area contributed by atoms with E-state index in [1.54, 1.807) is 0 Å². The van der Waals surface area contributed by atoms with Gasteiger partial charge in [0, 0.05) is 25.2 Å². The number of hydrogen-bond donors (Lipinski definition) is 2. The van der Waals surface area contributed by atoms with E-state index >= 15 is 0 Å². The molecule has 1 rings (SSSR count). The van der Waals surface area contributed by atoms with Gasteiger partial charge >= 0.3 is 0 Å². The topological polar surface area (TPSA) is 84.7 Å². The second kappa shape index (κ2) is 11.5. The molecule has 0 atom stereocenters. The van der Waals surface area contributed by atoms with E-state index in [1.807, 2.05) is 4.90 Å². The largest absolute Gasteiger partial charge is 0.370 e. The lowest BCUT2D eigenvalue weighted by Crippen LogP contribution is -2.24. The monoisotopic (exact) mass is 318 g/mol. The Kier molecular flexibility index (Phi) is 9.52. The molecule has 0 radical (unpaired) electrons. The van der Waals surface area contributed by atoms with Crippen LogP contribution < -0.4 is 11.5 Å². The summed E-state index contributed by atoms with van der Waals surface area (Å²) < 4.78 is 0. The molecule has 0 saturated carbocycles. The zero-order chi connectivity index (χ0) is 16.9. The molecule has 128 valence electrons. The Morgan fingerprint density at radius 2 is 2.00 bits per heavy atom. The van der Waals surface area contributed by atoms with Gasteiger partial charge < -0.3 is 16.4 Å². The average molecular weight is 318 g/mol.